The predicted molar refractivity (Wildman–Crippen MR) is 107 cm³/mol. The van der Waals surface area contributed by atoms with Crippen LogP contribution in [-0.4, -0.2) is 49.2 Å². The van der Waals surface area contributed by atoms with Crippen LogP contribution in [0.15, 0.2) is 42.6 Å². The van der Waals surface area contributed by atoms with Crippen LogP contribution >= 0.6 is 0 Å². The number of pyridine rings is 1. The minimum absolute atomic E-state index is 0.0622. The highest BCUT2D eigenvalue weighted by molar-refractivity contribution is 6.07. The molecule has 1 amide bonds. The van der Waals surface area contributed by atoms with Gasteiger partial charge in [-0.25, -0.2) is 14.5 Å². The van der Waals surface area contributed by atoms with E-state index in [1.165, 1.54) is 25.8 Å². The number of carboxylic acid groups (broad SMARTS) is 1. The molecule has 7 nitrogen and oxygen atoms in total. The van der Waals surface area contributed by atoms with Gasteiger partial charge in [0.05, 0.1) is 22.8 Å². The first-order valence-corrected chi connectivity index (χ1v) is 9.09. The highest BCUT2D eigenvalue weighted by Gasteiger charge is 2.36. The van der Waals surface area contributed by atoms with E-state index in [-0.39, 0.29) is 11.9 Å². The van der Waals surface area contributed by atoms with E-state index in [0.717, 1.165) is 5.56 Å². The van der Waals surface area contributed by atoms with Gasteiger partial charge in [0.2, 0.25) is 0 Å². The van der Waals surface area contributed by atoms with Crippen molar-refractivity contribution in [2.24, 2.45) is 0 Å². The minimum Gasteiger partial charge on any atom is -0.480 e. The molecule has 3 aromatic rings. The van der Waals surface area contributed by atoms with Crippen LogP contribution in [-0.2, 0) is 4.79 Å². The zero-order valence-corrected chi connectivity index (χ0v) is 16.7. The number of carbonyl (C=O) groups is 2. The molecule has 3 rings (SSSR count). The van der Waals surface area contributed by atoms with Gasteiger partial charge in [-0.1, -0.05) is 30.3 Å². The Morgan fingerprint density at radius 3 is 2.39 bits per heavy atom. The average Bonchev–Trinajstić information content (AvgIpc) is 3.10. The Morgan fingerprint density at radius 1 is 1.18 bits per heavy atom. The number of carboxylic acids is 1. The molecule has 1 aromatic carbocycles. The third-order valence-corrected chi connectivity index (χ3v) is 5.02. The molecular weight excluding hydrogens is 356 g/mol. The van der Waals surface area contributed by atoms with Gasteiger partial charge in [-0.3, -0.25) is 4.79 Å². The first-order valence-electron chi connectivity index (χ1n) is 9.09. The molecule has 1 N–H and O–H groups in total. The smallest absolute Gasteiger partial charge is 0.329 e. The van der Waals surface area contributed by atoms with E-state index in [1.54, 1.807) is 16.9 Å². The summed E-state index contributed by atoms with van der Waals surface area (Å²) in [5, 5.41) is 14.5. The first kappa shape index (κ1) is 19.5. The predicted octanol–water partition coefficient (Wildman–Crippen LogP) is 3.61. The van der Waals surface area contributed by atoms with Gasteiger partial charge in [0.1, 0.15) is 5.54 Å². The fourth-order valence-corrected chi connectivity index (χ4v) is 2.91. The van der Waals surface area contributed by atoms with Gasteiger partial charge in [-0.15, -0.1) is 0 Å². The lowest BCUT2D eigenvalue weighted by atomic mass is 10.0. The SMILES string of the molecule is CC(C)n1ncc2c(C(=O)N(C)C(C)(C)C(=O)O)cc(-c3ccccc3)nc21. The number of fused-ring (bicyclic) bond motifs is 1. The van der Waals surface area contributed by atoms with Crippen LogP contribution in [0.3, 0.4) is 0 Å². The molecule has 0 radical (unpaired) electrons. The lowest BCUT2D eigenvalue weighted by molar-refractivity contribution is -0.147. The number of nitrogens with zero attached hydrogens (tertiary/aromatic N) is 4. The van der Waals surface area contributed by atoms with Crippen molar-refractivity contribution < 1.29 is 14.7 Å². The Labute approximate surface area is 163 Å². The van der Waals surface area contributed by atoms with Crippen LogP contribution in [0.5, 0.6) is 0 Å². The third kappa shape index (κ3) is 3.24. The van der Waals surface area contributed by atoms with E-state index in [1.807, 2.05) is 44.2 Å². The maximum atomic E-state index is 13.3. The van der Waals surface area contributed by atoms with Crippen molar-refractivity contribution >= 4 is 22.9 Å². The summed E-state index contributed by atoms with van der Waals surface area (Å²) in [5.74, 6) is -1.46. The Kier molecular flexibility index (Phi) is 4.93. The number of amides is 1. The van der Waals surface area contributed by atoms with Crippen molar-refractivity contribution in [2.45, 2.75) is 39.3 Å². The largest absolute Gasteiger partial charge is 0.480 e. The topological polar surface area (TPSA) is 88.3 Å². The Morgan fingerprint density at radius 2 is 1.82 bits per heavy atom. The van der Waals surface area contributed by atoms with E-state index in [9.17, 15) is 14.7 Å². The summed E-state index contributed by atoms with van der Waals surface area (Å²) in [7, 11) is 1.50. The molecule has 2 heterocycles. The van der Waals surface area contributed by atoms with E-state index in [2.05, 4.69) is 5.10 Å². The molecule has 2 aromatic heterocycles. The molecule has 0 atom stereocenters. The van der Waals surface area contributed by atoms with Crippen molar-refractivity contribution in [3.63, 3.8) is 0 Å². The van der Waals surface area contributed by atoms with Crippen LogP contribution in [0.2, 0.25) is 0 Å². The van der Waals surface area contributed by atoms with Crippen LogP contribution in [0.25, 0.3) is 22.3 Å². The summed E-state index contributed by atoms with van der Waals surface area (Å²) in [6, 6.07) is 11.3. The summed E-state index contributed by atoms with van der Waals surface area (Å²) < 4.78 is 1.76. The van der Waals surface area contributed by atoms with Crippen molar-refractivity contribution in [3.8, 4) is 11.3 Å². The third-order valence-electron chi connectivity index (χ3n) is 5.02. The molecule has 0 saturated heterocycles. The van der Waals surface area contributed by atoms with E-state index >= 15 is 0 Å². The molecule has 0 spiro atoms. The van der Waals surface area contributed by atoms with Crippen LogP contribution in [0.1, 0.15) is 44.1 Å². The van der Waals surface area contributed by atoms with Crippen molar-refractivity contribution in [3.05, 3.63) is 48.2 Å². The molecule has 0 bridgehead atoms. The molecular formula is C21H24N4O3. The zero-order chi connectivity index (χ0) is 20.6. The van der Waals surface area contributed by atoms with Crippen molar-refractivity contribution in [2.75, 3.05) is 7.05 Å². The normalized spacial score (nSPS) is 11.8. The average molecular weight is 380 g/mol. The number of hydrogen-bond acceptors (Lipinski definition) is 4. The quantitative estimate of drug-likeness (QED) is 0.730. The number of aliphatic carboxylic acids is 1. The highest BCUT2D eigenvalue weighted by Crippen LogP contribution is 2.28. The highest BCUT2D eigenvalue weighted by atomic mass is 16.4. The molecule has 0 aliphatic rings. The summed E-state index contributed by atoms with van der Waals surface area (Å²) in [6.07, 6.45) is 1.62. The molecule has 0 aliphatic heterocycles. The maximum absolute atomic E-state index is 13.3. The van der Waals surface area contributed by atoms with Gasteiger partial charge < -0.3 is 10.0 Å². The Bertz CT molecular complexity index is 1040. The number of hydrogen-bond donors (Lipinski definition) is 1. The summed E-state index contributed by atoms with van der Waals surface area (Å²) in [5.41, 5.74) is 1.14. The van der Waals surface area contributed by atoms with Crippen molar-refractivity contribution in [1.82, 2.24) is 19.7 Å². The summed E-state index contributed by atoms with van der Waals surface area (Å²) in [4.78, 5) is 30.9. The van der Waals surface area contributed by atoms with Gasteiger partial charge in [0, 0.05) is 18.7 Å². The molecule has 146 valence electrons. The monoisotopic (exact) mass is 380 g/mol. The molecule has 0 saturated carbocycles. The number of likely N-dealkylation sites (N-methyl/N-ethyl adjacent to an activating group) is 1. The van der Waals surface area contributed by atoms with Gasteiger partial charge in [0.15, 0.2) is 5.65 Å². The number of aromatic nitrogens is 3. The van der Waals surface area contributed by atoms with Gasteiger partial charge in [-0.2, -0.15) is 5.10 Å². The van der Waals surface area contributed by atoms with E-state index < -0.39 is 11.5 Å². The Balaban J connectivity index is 2.24. The summed E-state index contributed by atoms with van der Waals surface area (Å²) >= 11 is 0. The minimum atomic E-state index is -1.35. The van der Waals surface area contributed by atoms with Crippen LogP contribution in [0.4, 0.5) is 0 Å². The standard InChI is InChI=1S/C21H24N4O3/c1-13(2)25-18-16(12-22-25)15(19(26)24(5)21(3,4)20(27)28)11-17(23-18)14-9-7-6-8-10-14/h6-13H,1-5H3,(H,27,28). The summed E-state index contributed by atoms with van der Waals surface area (Å²) in [6.45, 7) is 6.98. The Hall–Kier alpha value is -3.22. The van der Waals surface area contributed by atoms with E-state index in [4.69, 9.17) is 4.98 Å². The number of benzene rings is 1. The van der Waals surface area contributed by atoms with Crippen LogP contribution in [0, 0.1) is 0 Å². The lowest BCUT2D eigenvalue weighted by Crippen LogP contribution is -2.50. The zero-order valence-electron chi connectivity index (χ0n) is 16.7. The maximum Gasteiger partial charge on any atom is 0.329 e. The fourth-order valence-electron chi connectivity index (χ4n) is 2.91. The molecule has 28 heavy (non-hydrogen) atoms. The second kappa shape index (κ2) is 7.07. The number of rotatable bonds is 5. The molecule has 0 fully saturated rings. The molecule has 0 aliphatic carbocycles. The van der Waals surface area contributed by atoms with E-state index in [0.29, 0.717) is 22.3 Å². The fraction of sp³-hybridized carbons (Fsp3) is 0.333. The van der Waals surface area contributed by atoms with Gasteiger partial charge in [-0.05, 0) is 33.8 Å². The van der Waals surface area contributed by atoms with Gasteiger partial charge >= 0.3 is 5.97 Å². The van der Waals surface area contributed by atoms with Crippen LogP contribution < -0.4 is 0 Å². The second-order valence-corrected chi connectivity index (χ2v) is 7.57. The molecule has 7 heteroatoms. The molecule has 0 unspecified atom stereocenters. The first-order chi connectivity index (χ1) is 13.1. The van der Waals surface area contributed by atoms with Crippen molar-refractivity contribution in [1.29, 1.82) is 0 Å². The number of carbonyl (C=O) groups excluding carboxylic acids is 1. The lowest BCUT2D eigenvalue weighted by Gasteiger charge is -2.31. The second-order valence-electron chi connectivity index (χ2n) is 7.57. The van der Waals surface area contributed by atoms with Gasteiger partial charge in [0.25, 0.3) is 5.91 Å².